The maximum Gasteiger partial charge on any atom is 0.329 e. The monoisotopic (exact) mass is 270 g/mol. The minimum atomic E-state index is -1.05. The molecule has 110 valence electrons. The number of aliphatic carboxylic acids is 1. The number of nitrogens with two attached hydrogens (primary N) is 1. The fourth-order valence-corrected chi connectivity index (χ4v) is 2.47. The summed E-state index contributed by atoms with van der Waals surface area (Å²) >= 11 is 0. The third-order valence-corrected chi connectivity index (χ3v) is 4.18. The van der Waals surface area contributed by atoms with Gasteiger partial charge in [-0.25, -0.2) is 4.79 Å². The van der Waals surface area contributed by atoms with E-state index >= 15 is 0 Å². The molecule has 0 aromatic carbocycles. The largest absolute Gasteiger partial charge is 0.480 e. The zero-order valence-corrected chi connectivity index (χ0v) is 11.9. The second-order valence-corrected chi connectivity index (χ2v) is 6.00. The molecule has 1 aliphatic carbocycles. The van der Waals surface area contributed by atoms with Crippen molar-refractivity contribution < 1.29 is 14.7 Å². The Morgan fingerprint density at radius 1 is 1.42 bits per heavy atom. The summed E-state index contributed by atoms with van der Waals surface area (Å²) in [4.78, 5) is 23.4. The molecule has 0 aliphatic heterocycles. The third kappa shape index (κ3) is 4.49. The summed E-state index contributed by atoms with van der Waals surface area (Å²) in [5.41, 5.74) is 4.46. The van der Waals surface area contributed by atoms with Gasteiger partial charge in [-0.05, 0) is 50.5 Å². The van der Waals surface area contributed by atoms with Crippen LogP contribution in [0.25, 0.3) is 0 Å². The minimum Gasteiger partial charge on any atom is -0.480 e. The maximum atomic E-state index is 11.9. The normalized spacial score (nSPS) is 28.7. The number of amides is 1. The number of hydrogen-bond acceptors (Lipinski definition) is 3. The van der Waals surface area contributed by atoms with Crippen LogP contribution in [0.2, 0.25) is 0 Å². The smallest absolute Gasteiger partial charge is 0.329 e. The Kier molecular flexibility index (Phi) is 5.79. The van der Waals surface area contributed by atoms with Gasteiger partial charge in [0, 0.05) is 6.42 Å². The molecule has 0 aromatic rings. The number of carboxylic acids is 1. The molecule has 1 atom stereocenters. The van der Waals surface area contributed by atoms with Crippen LogP contribution in [-0.4, -0.2) is 29.1 Å². The molecule has 5 nitrogen and oxygen atoms in total. The summed E-state index contributed by atoms with van der Waals surface area (Å²) in [6.45, 7) is 4.66. The van der Waals surface area contributed by atoms with Gasteiger partial charge in [-0.1, -0.05) is 13.8 Å². The van der Waals surface area contributed by atoms with E-state index in [-0.39, 0.29) is 11.8 Å². The highest BCUT2D eigenvalue weighted by atomic mass is 16.4. The summed E-state index contributed by atoms with van der Waals surface area (Å²) in [6, 6.07) is 0. The third-order valence-electron chi connectivity index (χ3n) is 4.18. The predicted molar refractivity (Wildman–Crippen MR) is 73.6 cm³/mol. The molecule has 4 N–H and O–H groups in total. The first-order chi connectivity index (χ1) is 8.89. The fraction of sp³-hybridized carbons (Fsp3) is 0.857. The molecule has 1 aliphatic rings. The Bertz CT molecular complexity index is 323. The summed E-state index contributed by atoms with van der Waals surface area (Å²) in [5, 5.41) is 12.2. The van der Waals surface area contributed by atoms with Crippen LogP contribution in [0.4, 0.5) is 0 Å². The molecule has 0 radical (unpaired) electrons. The van der Waals surface area contributed by atoms with E-state index in [2.05, 4.69) is 12.2 Å². The molecule has 1 amide bonds. The molecule has 1 unspecified atom stereocenters. The van der Waals surface area contributed by atoms with Crippen LogP contribution in [0.1, 0.15) is 52.4 Å². The summed E-state index contributed by atoms with van der Waals surface area (Å²) in [7, 11) is 0. The second-order valence-electron chi connectivity index (χ2n) is 6.00. The molecular formula is C14H26N2O3. The van der Waals surface area contributed by atoms with Gasteiger partial charge >= 0.3 is 5.97 Å². The lowest BCUT2D eigenvalue weighted by molar-refractivity contribution is -0.149. The Hall–Kier alpha value is -1.10. The molecule has 0 heterocycles. The summed E-state index contributed by atoms with van der Waals surface area (Å²) in [5.74, 6) is -0.239. The Morgan fingerprint density at radius 2 is 2.00 bits per heavy atom. The van der Waals surface area contributed by atoms with Gasteiger partial charge in [-0.2, -0.15) is 0 Å². The van der Waals surface area contributed by atoms with Crippen molar-refractivity contribution in [1.82, 2.24) is 5.32 Å². The highest BCUT2D eigenvalue weighted by Gasteiger charge is 2.42. The average Bonchev–Trinajstić information content (AvgIpc) is 2.38. The Morgan fingerprint density at radius 3 is 2.47 bits per heavy atom. The van der Waals surface area contributed by atoms with Crippen LogP contribution in [0.3, 0.4) is 0 Å². The van der Waals surface area contributed by atoms with Gasteiger partial charge in [0.15, 0.2) is 0 Å². The summed E-state index contributed by atoms with van der Waals surface area (Å²) < 4.78 is 0. The fourth-order valence-electron chi connectivity index (χ4n) is 2.47. The van der Waals surface area contributed by atoms with Crippen molar-refractivity contribution >= 4 is 11.9 Å². The van der Waals surface area contributed by atoms with E-state index < -0.39 is 11.5 Å². The Labute approximate surface area is 114 Å². The lowest BCUT2D eigenvalue weighted by atomic mass is 9.77. The van der Waals surface area contributed by atoms with Crippen molar-refractivity contribution in [2.75, 3.05) is 6.54 Å². The lowest BCUT2D eigenvalue weighted by Gasteiger charge is -2.36. The molecule has 0 bridgehead atoms. The molecule has 5 heteroatoms. The van der Waals surface area contributed by atoms with Crippen molar-refractivity contribution in [2.45, 2.75) is 57.9 Å². The van der Waals surface area contributed by atoms with Crippen LogP contribution in [0.15, 0.2) is 0 Å². The van der Waals surface area contributed by atoms with E-state index in [0.29, 0.717) is 38.1 Å². The van der Waals surface area contributed by atoms with Crippen LogP contribution in [0.5, 0.6) is 0 Å². The van der Waals surface area contributed by atoms with Crippen molar-refractivity contribution in [3.63, 3.8) is 0 Å². The van der Waals surface area contributed by atoms with Gasteiger partial charge < -0.3 is 16.2 Å². The van der Waals surface area contributed by atoms with Crippen LogP contribution in [0, 0.1) is 11.8 Å². The number of rotatable bonds is 6. The van der Waals surface area contributed by atoms with E-state index in [1.165, 1.54) is 0 Å². The number of hydrogen-bond donors (Lipinski definition) is 3. The highest BCUT2D eigenvalue weighted by Crippen LogP contribution is 2.32. The highest BCUT2D eigenvalue weighted by molar-refractivity contribution is 5.87. The second kappa shape index (κ2) is 6.89. The topological polar surface area (TPSA) is 92.4 Å². The van der Waals surface area contributed by atoms with E-state index in [1.807, 2.05) is 6.92 Å². The van der Waals surface area contributed by atoms with Gasteiger partial charge in [-0.3, -0.25) is 4.79 Å². The zero-order chi connectivity index (χ0) is 14.5. The molecule has 0 spiro atoms. The number of carbonyl (C=O) groups excluding carboxylic acids is 1. The standard InChI is InChI=1S/C14H26N2O3/c1-10-5-7-14(8-6-10,13(18)19)16-12(17)4-3-11(2)9-15/h10-11H,3-9,15H2,1-2H3,(H,16,17)(H,18,19). The van der Waals surface area contributed by atoms with Gasteiger partial charge in [0.25, 0.3) is 0 Å². The molecule has 1 rings (SSSR count). The molecule has 19 heavy (non-hydrogen) atoms. The quantitative estimate of drug-likeness (QED) is 0.682. The average molecular weight is 270 g/mol. The Balaban J connectivity index is 2.54. The van der Waals surface area contributed by atoms with Crippen molar-refractivity contribution in [3.05, 3.63) is 0 Å². The molecular weight excluding hydrogens is 244 g/mol. The van der Waals surface area contributed by atoms with Crippen molar-refractivity contribution in [3.8, 4) is 0 Å². The number of carboxylic acid groups (broad SMARTS) is 1. The van der Waals surface area contributed by atoms with E-state index in [9.17, 15) is 14.7 Å². The summed E-state index contributed by atoms with van der Waals surface area (Å²) in [6.07, 6.45) is 3.82. The SMILES string of the molecule is CC(CN)CCC(=O)NC1(C(=O)O)CCC(C)CC1. The van der Waals surface area contributed by atoms with Crippen LogP contribution < -0.4 is 11.1 Å². The molecule has 0 aromatic heterocycles. The maximum absolute atomic E-state index is 11.9. The first kappa shape index (κ1) is 16.0. The molecule has 0 saturated heterocycles. The minimum absolute atomic E-state index is 0.169. The van der Waals surface area contributed by atoms with Gasteiger partial charge in [0.05, 0.1) is 0 Å². The number of carbonyl (C=O) groups is 2. The van der Waals surface area contributed by atoms with Crippen molar-refractivity contribution in [2.24, 2.45) is 17.6 Å². The zero-order valence-electron chi connectivity index (χ0n) is 11.9. The van der Waals surface area contributed by atoms with E-state index in [4.69, 9.17) is 5.73 Å². The van der Waals surface area contributed by atoms with Gasteiger partial charge in [0.1, 0.15) is 5.54 Å². The van der Waals surface area contributed by atoms with Crippen molar-refractivity contribution in [1.29, 1.82) is 0 Å². The predicted octanol–water partition coefficient (Wildman–Crippen LogP) is 1.51. The lowest BCUT2D eigenvalue weighted by Crippen LogP contribution is -2.56. The van der Waals surface area contributed by atoms with E-state index in [0.717, 1.165) is 12.8 Å². The van der Waals surface area contributed by atoms with Crippen LogP contribution in [-0.2, 0) is 9.59 Å². The van der Waals surface area contributed by atoms with Crippen LogP contribution >= 0.6 is 0 Å². The molecule has 1 fully saturated rings. The molecule has 1 saturated carbocycles. The van der Waals surface area contributed by atoms with Gasteiger partial charge in [-0.15, -0.1) is 0 Å². The first-order valence-electron chi connectivity index (χ1n) is 7.14. The number of nitrogens with one attached hydrogen (secondary N) is 1. The van der Waals surface area contributed by atoms with Gasteiger partial charge in [0.2, 0.25) is 5.91 Å². The first-order valence-corrected chi connectivity index (χ1v) is 7.14. The van der Waals surface area contributed by atoms with E-state index in [1.54, 1.807) is 0 Å².